The highest BCUT2D eigenvalue weighted by molar-refractivity contribution is 7.19. The maximum absolute atomic E-state index is 5.34. The van der Waals surface area contributed by atoms with E-state index < -0.39 is 0 Å². The maximum Gasteiger partial charge on any atom is 0.122 e. The minimum absolute atomic E-state index is 0.661. The van der Waals surface area contributed by atoms with Gasteiger partial charge in [0.15, 0.2) is 0 Å². The number of furan rings is 1. The number of thiophene rings is 1. The average molecular weight is 287 g/mol. The third-order valence-corrected chi connectivity index (χ3v) is 4.69. The molecule has 0 aliphatic carbocycles. The van der Waals surface area contributed by atoms with Crippen LogP contribution in [-0.4, -0.2) is 10.2 Å². The van der Waals surface area contributed by atoms with E-state index in [-0.39, 0.29) is 0 Å². The molecule has 0 bridgehead atoms. The number of anilines is 1. The van der Waals surface area contributed by atoms with Crippen LogP contribution in [0.2, 0.25) is 0 Å². The van der Waals surface area contributed by atoms with Crippen LogP contribution >= 0.6 is 11.3 Å². The molecule has 0 saturated carbocycles. The second kappa shape index (κ2) is 5.63. The molecule has 0 saturated heterocycles. The molecule has 0 spiro atoms. The molecule has 0 unspecified atom stereocenters. The summed E-state index contributed by atoms with van der Waals surface area (Å²) in [5.41, 5.74) is 3.31. The highest BCUT2D eigenvalue weighted by Gasteiger charge is 2.13. The van der Waals surface area contributed by atoms with E-state index in [1.165, 1.54) is 15.1 Å². The number of rotatable bonds is 5. The van der Waals surface area contributed by atoms with Gasteiger partial charge in [0, 0.05) is 4.88 Å². The summed E-state index contributed by atoms with van der Waals surface area (Å²) in [6.07, 6.45) is 5.73. The number of fused-ring (bicyclic) bond motifs is 1. The van der Waals surface area contributed by atoms with Crippen molar-refractivity contribution in [3.63, 3.8) is 0 Å². The van der Waals surface area contributed by atoms with Crippen LogP contribution in [-0.2, 0) is 13.0 Å². The van der Waals surface area contributed by atoms with Crippen LogP contribution in [0.25, 0.3) is 10.2 Å². The summed E-state index contributed by atoms with van der Waals surface area (Å²) in [6, 6.07) is 3.85. The van der Waals surface area contributed by atoms with Crippen molar-refractivity contribution < 1.29 is 4.42 Å². The third kappa shape index (κ3) is 2.41. The van der Waals surface area contributed by atoms with Gasteiger partial charge in [-0.25, -0.2) is 0 Å². The number of aryl methyl sites for hydroxylation is 2. The molecule has 0 amide bonds. The number of nitrogens with one attached hydrogen (secondary N) is 1. The second-order valence-electron chi connectivity index (χ2n) is 4.77. The van der Waals surface area contributed by atoms with Gasteiger partial charge in [-0.3, -0.25) is 0 Å². The fraction of sp³-hybridized carbons (Fsp3) is 0.333. The van der Waals surface area contributed by atoms with E-state index in [0.29, 0.717) is 6.54 Å². The Bertz CT molecular complexity index is 703. The molecule has 3 rings (SSSR count). The van der Waals surface area contributed by atoms with Crippen LogP contribution in [0.3, 0.4) is 0 Å². The molecule has 0 fully saturated rings. The normalized spacial score (nSPS) is 11.1. The minimum atomic E-state index is 0.661. The first kappa shape index (κ1) is 13.1. The number of hydrogen-bond acceptors (Lipinski definition) is 5. The van der Waals surface area contributed by atoms with Gasteiger partial charge in [0.2, 0.25) is 0 Å². The van der Waals surface area contributed by atoms with E-state index in [4.69, 9.17) is 4.42 Å². The summed E-state index contributed by atoms with van der Waals surface area (Å²) in [5, 5.41) is 11.8. The van der Waals surface area contributed by atoms with E-state index in [0.717, 1.165) is 29.8 Å². The first-order valence-corrected chi connectivity index (χ1v) is 7.61. The van der Waals surface area contributed by atoms with Gasteiger partial charge in [0.1, 0.15) is 11.3 Å². The Morgan fingerprint density at radius 3 is 3.05 bits per heavy atom. The van der Waals surface area contributed by atoms with E-state index in [9.17, 15) is 0 Å². The zero-order valence-electron chi connectivity index (χ0n) is 11.6. The van der Waals surface area contributed by atoms with E-state index in [2.05, 4.69) is 29.4 Å². The highest BCUT2D eigenvalue weighted by Crippen LogP contribution is 2.34. The van der Waals surface area contributed by atoms with Crippen LogP contribution in [0.5, 0.6) is 0 Å². The Balaban J connectivity index is 1.92. The van der Waals surface area contributed by atoms with Gasteiger partial charge in [-0.2, -0.15) is 5.10 Å². The molecule has 0 atom stereocenters. The summed E-state index contributed by atoms with van der Waals surface area (Å²) in [6.45, 7) is 4.99. The van der Waals surface area contributed by atoms with E-state index >= 15 is 0 Å². The molecule has 1 N–H and O–H groups in total. The molecule has 20 heavy (non-hydrogen) atoms. The zero-order valence-corrected chi connectivity index (χ0v) is 12.5. The second-order valence-corrected chi connectivity index (χ2v) is 5.87. The summed E-state index contributed by atoms with van der Waals surface area (Å²) in [7, 11) is 0. The molecule has 0 aliphatic heterocycles. The number of nitrogens with zero attached hydrogens (tertiary/aromatic N) is 2. The highest BCUT2D eigenvalue weighted by atomic mass is 32.1. The molecule has 0 aliphatic rings. The summed E-state index contributed by atoms with van der Waals surface area (Å²) < 4.78 is 6.53. The molecule has 0 aromatic carbocycles. The van der Waals surface area contributed by atoms with Gasteiger partial charge in [-0.15, -0.1) is 16.4 Å². The van der Waals surface area contributed by atoms with Crippen molar-refractivity contribution in [2.24, 2.45) is 0 Å². The van der Waals surface area contributed by atoms with Gasteiger partial charge >= 0.3 is 0 Å². The molecule has 3 heterocycles. The Labute approximate surface area is 121 Å². The van der Waals surface area contributed by atoms with E-state index in [1.54, 1.807) is 12.5 Å². The molecule has 104 valence electrons. The van der Waals surface area contributed by atoms with Crippen LogP contribution in [0, 0.1) is 6.92 Å². The van der Waals surface area contributed by atoms with E-state index in [1.807, 2.05) is 23.5 Å². The molecule has 5 heteroatoms. The van der Waals surface area contributed by atoms with Crippen molar-refractivity contribution in [3.05, 3.63) is 40.8 Å². The molecule has 0 radical (unpaired) electrons. The lowest BCUT2D eigenvalue weighted by Gasteiger charge is -2.04. The van der Waals surface area contributed by atoms with Gasteiger partial charge in [0.25, 0.3) is 0 Å². The fourth-order valence-electron chi connectivity index (χ4n) is 2.24. The third-order valence-electron chi connectivity index (χ3n) is 3.31. The van der Waals surface area contributed by atoms with Gasteiger partial charge in [-0.1, -0.05) is 13.3 Å². The monoisotopic (exact) mass is 287 g/mol. The van der Waals surface area contributed by atoms with Crippen molar-refractivity contribution in [2.75, 3.05) is 5.32 Å². The van der Waals surface area contributed by atoms with Crippen molar-refractivity contribution in [1.29, 1.82) is 0 Å². The SMILES string of the molecule is CCCc1sc2c(NCc3ccco3)cnnc2c1C. The average Bonchev–Trinajstić information content (AvgIpc) is 3.07. The van der Waals surface area contributed by atoms with Crippen LogP contribution < -0.4 is 5.32 Å². The topological polar surface area (TPSA) is 51.0 Å². The molecule has 4 nitrogen and oxygen atoms in total. The number of aromatic nitrogens is 2. The Kier molecular flexibility index (Phi) is 3.69. The smallest absolute Gasteiger partial charge is 0.122 e. The summed E-state index contributed by atoms with van der Waals surface area (Å²) >= 11 is 1.82. The van der Waals surface area contributed by atoms with Crippen LogP contribution in [0.4, 0.5) is 5.69 Å². The minimum Gasteiger partial charge on any atom is -0.467 e. The Morgan fingerprint density at radius 1 is 1.40 bits per heavy atom. The predicted molar refractivity (Wildman–Crippen MR) is 82.2 cm³/mol. The first-order chi connectivity index (χ1) is 9.79. The standard InChI is InChI=1S/C15H17N3OS/c1-3-5-13-10(2)14-15(20-13)12(9-17-18-14)16-8-11-6-4-7-19-11/h4,6-7,9H,3,5,8H2,1-2H3,(H,16,18). The molecular formula is C15H17N3OS. The zero-order chi connectivity index (χ0) is 13.9. The predicted octanol–water partition coefficient (Wildman–Crippen LogP) is 4.16. The maximum atomic E-state index is 5.34. The molecular weight excluding hydrogens is 270 g/mol. The first-order valence-electron chi connectivity index (χ1n) is 6.79. The number of hydrogen-bond donors (Lipinski definition) is 1. The van der Waals surface area contributed by atoms with Crippen LogP contribution in [0.1, 0.15) is 29.5 Å². The summed E-state index contributed by atoms with van der Waals surface area (Å²) in [4.78, 5) is 1.41. The Morgan fingerprint density at radius 2 is 2.30 bits per heavy atom. The van der Waals surface area contributed by atoms with Gasteiger partial charge < -0.3 is 9.73 Å². The fourth-order valence-corrected chi connectivity index (χ4v) is 3.57. The molecule has 3 aromatic heterocycles. The Hall–Kier alpha value is -1.88. The van der Waals surface area contributed by atoms with Crippen molar-refractivity contribution in [3.8, 4) is 0 Å². The van der Waals surface area contributed by atoms with Gasteiger partial charge in [-0.05, 0) is 31.0 Å². The largest absolute Gasteiger partial charge is 0.467 e. The quantitative estimate of drug-likeness (QED) is 0.765. The van der Waals surface area contributed by atoms with Crippen molar-refractivity contribution in [1.82, 2.24) is 10.2 Å². The van der Waals surface area contributed by atoms with Crippen molar-refractivity contribution >= 4 is 27.2 Å². The lowest BCUT2D eigenvalue weighted by molar-refractivity contribution is 0.518. The lowest BCUT2D eigenvalue weighted by atomic mass is 10.2. The van der Waals surface area contributed by atoms with Crippen molar-refractivity contribution in [2.45, 2.75) is 33.2 Å². The van der Waals surface area contributed by atoms with Crippen LogP contribution in [0.15, 0.2) is 29.0 Å². The summed E-state index contributed by atoms with van der Waals surface area (Å²) in [5.74, 6) is 0.914. The molecule has 3 aromatic rings. The lowest BCUT2D eigenvalue weighted by Crippen LogP contribution is -1.99. The van der Waals surface area contributed by atoms with Gasteiger partial charge in [0.05, 0.1) is 29.4 Å².